The van der Waals surface area contributed by atoms with E-state index in [-0.39, 0.29) is 12.8 Å². The van der Waals surface area contributed by atoms with Gasteiger partial charge in [-0.3, -0.25) is 19.2 Å². The van der Waals surface area contributed by atoms with Gasteiger partial charge in [-0.1, -0.05) is 18.2 Å². The molecule has 9 N–H and O–H groups in total. The van der Waals surface area contributed by atoms with Crippen molar-refractivity contribution in [2.75, 3.05) is 13.2 Å². The lowest BCUT2D eigenvalue weighted by Crippen LogP contribution is -2.54. The van der Waals surface area contributed by atoms with Crippen molar-refractivity contribution in [1.82, 2.24) is 20.9 Å². The summed E-state index contributed by atoms with van der Waals surface area (Å²) in [5, 5.41) is 34.4. The number of aliphatic carboxylic acids is 2. The minimum absolute atomic E-state index is 0.207. The van der Waals surface area contributed by atoms with Gasteiger partial charge in [0.05, 0.1) is 19.2 Å². The smallest absolute Gasteiger partial charge is 0.328 e. The minimum atomic E-state index is -1.63. The van der Waals surface area contributed by atoms with Gasteiger partial charge in [-0.2, -0.15) is 0 Å². The first-order valence-corrected chi connectivity index (χ1v) is 10.4. The van der Waals surface area contributed by atoms with Gasteiger partial charge in [0.15, 0.2) is 0 Å². The Morgan fingerprint density at radius 2 is 1.71 bits per heavy atom. The fraction of sp³-hybridized carbons (Fsp3) is 0.381. The van der Waals surface area contributed by atoms with Gasteiger partial charge in [0.25, 0.3) is 0 Å². The summed E-state index contributed by atoms with van der Waals surface area (Å²) < 4.78 is 0. The fourth-order valence-corrected chi connectivity index (χ4v) is 3.17. The SMILES string of the molecule is NC(Cc1c[nH]c2ccccc12)C(=O)NCC(=O)NC(CCC(=O)O)C(=O)NC(CO)C(=O)O. The lowest BCUT2D eigenvalue weighted by atomic mass is 10.1. The number of hydrogen-bond acceptors (Lipinski definition) is 7. The molecular formula is C21H27N5O8. The molecule has 13 nitrogen and oxygen atoms in total. The van der Waals surface area contributed by atoms with Crippen LogP contribution in [0.4, 0.5) is 0 Å². The number of fused-ring (bicyclic) bond motifs is 1. The van der Waals surface area contributed by atoms with E-state index >= 15 is 0 Å². The zero-order valence-corrected chi connectivity index (χ0v) is 18.1. The number of aromatic nitrogens is 1. The molecule has 3 unspecified atom stereocenters. The van der Waals surface area contributed by atoms with E-state index in [1.54, 1.807) is 6.20 Å². The molecule has 3 amide bonds. The van der Waals surface area contributed by atoms with Gasteiger partial charge >= 0.3 is 11.9 Å². The normalized spacial score (nSPS) is 13.5. The Balaban J connectivity index is 1.91. The van der Waals surface area contributed by atoms with Crippen LogP contribution in [0.5, 0.6) is 0 Å². The van der Waals surface area contributed by atoms with Gasteiger partial charge < -0.3 is 42.0 Å². The Bertz CT molecular complexity index is 1050. The van der Waals surface area contributed by atoms with Gasteiger partial charge in [0.2, 0.25) is 17.7 Å². The van der Waals surface area contributed by atoms with Crippen molar-refractivity contribution in [3.63, 3.8) is 0 Å². The molecule has 0 radical (unpaired) electrons. The van der Waals surface area contributed by atoms with Crippen LogP contribution in [0, 0.1) is 0 Å². The van der Waals surface area contributed by atoms with Crippen molar-refractivity contribution in [3.05, 3.63) is 36.0 Å². The molecule has 34 heavy (non-hydrogen) atoms. The van der Waals surface area contributed by atoms with Crippen LogP contribution < -0.4 is 21.7 Å². The van der Waals surface area contributed by atoms with Crippen LogP contribution >= 0.6 is 0 Å². The maximum Gasteiger partial charge on any atom is 0.328 e. The molecule has 0 aliphatic carbocycles. The molecule has 3 atom stereocenters. The minimum Gasteiger partial charge on any atom is -0.481 e. The predicted octanol–water partition coefficient (Wildman–Crippen LogP) is -1.93. The number of aromatic amines is 1. The first-order chi connectivity index (χ1) is 16.1. The summed E-state index contributed by atoms with van der Waals surface area (Å²) in [6.45, 7) is -1.44. The van der Waals surface area contributed by atoms with E-state index < -0.39 is 67.4 Å². The van der Waals surface area contributed by atoms with E-state index in [9.17, 15) is 24.0 Å². The van der Waals surface area contributed by atoms with Crippen molar-refractivity contribution in [3.8, 4) is 0 Å². The van der Waals surface area contributed by atoms with Crippen LogP contribution in [0.15, 0.2) is 30.5 Å². The van der Waals surface area contributed by atoms with Crippen molar-refractivity contribution in [1.29, 1.82) is 0 Å². The number of benzene rings is 1. The maximum atomic E-state index is 12.3. The number of carbonyl (C=O) groups is 5. The molecule has 2 aromatic rings. The second-order valence-corrected chi connectivity index (χ2v) is 7.52. The van der Waals surface area contributed by atoms with Crippen LogP contribution in [0.25, 0.3) is 10.9 Å². The summed E-state index contributed by atoms with van der Waals surface area (Å²) >= 11 is 0. The van der Waals surface area contributed by atoms with Crippen LogP contribution in [0.3, 0.4) is 0 Å². The van der Waals surface area contributed by atoms with E-state index in [1.165, 1.54) is 0 Å². The molecule has 0 saturated carbocycles. The monoisotopic (exact) mass is 477 g/mol. The van der Waals surface area contributed by atoms with Crippen LogP contribution in [0.2, 0.25) is 0 Å². The van der Waals surface area contributed by atoms with Crippen molar-refractivity contribution in [2.24, 2.45) is 5.73 Å². The number of aliphatic hydroxyl groups is 1. The zero-order chi connectivity index (χ0) is 25.3. The Hall–Kier alpha value is -3.97. The van der Waals surface area contributed by atoms with E-state index in [1.807, 2.05) is 29.6 Å². The first-order valence-electron chi connectivity index (χ1n) is 10.4. The molecule has 2 rings (SSSR count). The third-order valence-corrected chi connectivity index (χ3v) is 4.97. The van der Waals surface area contributed by atoms with Gasteiger partial charge in [-0.25, -0.2) is 4.79 Å². The maximum absolute atomic E-state index is 12.3. The Morgan fingerprint density at radius 3 is 2.35 bits per heavy atom. The lowest BCUT2D eigenvalue weighted by molar-refractivity contribution is -0.144. The Morgan fingerprint density at radius 1 is 1.00 bits per heavy atom. The summed E-state index contributed by atoms with van der Waals surface area (Å²) in [5.41, 5.74) is 7.66. The summed E-state index contributed by atoms with van der Waals surface area (Å²) in [4.78, 5) is 61.8. The average molecular weight is 477 g/mol. The highest BCUT2D eigenvalue weighted by molar-refractivity contribution is 5.93. The fourth-order valence-electron chi connectivity index (χ4n) is 3.17. The Kier molecular flexibility index (Phi) is 9.52. The van der Waals surface area contributed by atoms with E-state index in [0.29, 0.717) is 0 Å². The number of amides is 3. The molecule has 0 fully saturated rings. The zero-order valence-electron chi connectivity index (χ0n) is 18.1. The summed E-state index contributed by atoms with van der Waals surface area (Å²) in [6, 6.07) is 3.50. The van der Waals surface area contributed by atoms with Crippen LogP contribution in [-0.2, 0) is 30.4 Å². The molecule has 1 aromatic carbocycles. The van der Waals surface area contributed by atoms with Crippen molar-refractivity contribution < 1.29 is 39.3 Å². The summed E-state index contributed by atoms with van der Waals surface area (Å²) in [5.74, 6) is -5.15. The molecule has 0 spiro atoms. The van der Waals surface area contributed by atoms with Crippen molar-refractivity contribution >= 4 is 40.6 Å². The second-order valence-electron chi connectivity index (χ2n) is 7.52. The third kappa shape index (κ3) is 7.56. The van der Waals surface area contributed by atoms with E-state index in [0.717, 1.165) is 16.5 Å². The number of carboxylic acids is 2. The number of aliphatic hydroxyl groups excluding tert-OH is 1. The number of H-pyrrole nitrogens is 1. The standard InChI is InChI=1S/C21H27N5O8/c22-13(7-11-8-23-14-4-2-1-3-12(11)14)19(31)24-9-17(28)25-15(5-6-18(29)30)20(32)26-16(10-27)21(33)34/h1-4,8,13,15-16,23,27H,5-7,9-10,22H2,(H,24,31)(H,25,28)(H,26,32)(H,29,30)(H,33,34). The van der Waals surface area contributed by atoms with Gasteiger partial charge in [0.1, 0.15) is 12.1 Å². The topological polar surface area (TPSA) is 224 Å². The highest BCUT2D eigenvalue weighted by atomic mass is 16.4. The molecule has 1 heterocycles. The summed E-state index contributed by atoms with van der Waals surface area (Å²) in [6.07, 6.45) is 1.13. The highest BCUT2D eigenvalue weighted by Gasteiger charge is 2.27. The van der Waals surface area contributed by atoms with E-state index in [4.69, 9.17) is 21.1 Å². The quantitative estimate of drug-likeness (QED) is 0.160. The number of carbonyl (C=O) groups excluding carboxylic acids is 3. The molecule has 0 bridgehead atoms. The van der Waals surface area contributed by atoms with Gasteiger partial charge in [-0.05, 0) is 24.5 Å². The molecule has 0 aliphatic heterocycles. The first kappa shape index (κ1) is 26.3. The predicted molar refractivity (Wildman–Crippen MR) is 118 cm³/mol. The van der Waals surface area contributed by atoms with Crippen molar-refractivity contribution in [2.45, 2.75) is 37.4 Å². The number of para-hydroxylation sites is 1. The van der Waals surface area contributed by atoms with Crippen LogP contribution in [-0.4, -0.2) is 81.2 Å². The molecule has 0 saturated heterocycles. The van der Waals surface area contributed by atoms with E-state index in [2.05, 4.69) is 15.6 Å². The largest absolute Gasteiger partial charge is 0.481 e. The number of rotatable bonds is 13. The van der Waals surface area contributed by atoms with Gasteiger partial charge in [0, 0.05) is 23.5 Å². The molecule has 1 aromatic heterocycles. The number of nitrogens with one attached hydrogen (secondary N) is 4. The molecular weight excluding hydrogens is 450 g/mol. The lowest BCUT2D eigenvalue weighted by Gasteiger charge is -2.20. The second kappa shape index (κ2) is 12.3. The van der Waals surface area contributed by atoms with Gasteiger partial charge in [-0.15, -0.1) is 0 Å². The molecule has 13 heteroatoms. The number of nitrogens with two attached hydrogens (primary N) is 1. The Labute approximate surface area is 193 Å². The molecule has 0 aliphatic rings. The molecule has 184 valence electrons. The number of hydrogen-bond donors (Lipinski definition) is 8. The number of carboxylic acid groups (broad SMARTS) is 2. The van der Waals surface area contributed by atoms with Crippen LogP contribution in [0.1, 0.15) is 18.4 Å². The average Bonchev–Trinajstić information content (AvgIpc) is 3.20. The summed E-state index contributed by atoms with van der Waals surface area (Å²) in [7, 11) is 0. The third-order valence-electron chi connectivity index (χ3n) is 4.97. The highest BCUT2D eigenvalue weighted by Crippen LogP contribution is 2.18.